The van der Waals surface area contributed by atoms with Crippen LogP contribution < -0.4 is 4.74 Å². The molecule has 0 spiro atoms. The van der Waals surface area contributed by atoms with E-state index >= 15 is 0 Å². The van der Waals surface area contributed by atoms with E-state index in [1.807, 2.05) is 48.5 Å². The molecule has 0 amide bonds. The standard InChI is InChI=1S/C21H17ClN4OS/c1-27-20-11-10-15-6-2-4-8-17(15)18(20)12-24-26-14-23-25-21(26)28-13-16-7-3-5-9-19(16)22/h2-12,14H,13H2,1H3/b24-12-. The van der Waals surface area contributed by atoms with Crippen LogP contribution in [-0.4, -0.2) is 28.2 Å². The van der Waals surface area contributed by atoms with E-state index in [1.165, 1.54) is 11.8 Å². The Kier molecular flexibility index (Phi) is 5.60. The highest BCUT2D eigenvalue weighted by Crippen LogP contribution is 2.27. The van der Waals surface area contributed by atoms with E-state index in [0.717, 1.165) is 32.7 Å². The largest absolute Gasteiger partial charge is 0.496 e. The summed E-state index contributed by atoms with van der Waals surface area (Å²) in [4.78, 5) is 0. The number of hydrogen-bond acceptors (Lipinski definition) is 5. The smallest absolute Gasteiger partial charge is 0.212 e. The Morgan fingerprint density at radius 3 is 2.79 bits per heavy atom. The number of rotatable bonds is 6. The maximum atomic E-state index is 6.23. The lowest BCUT2D eigenvalue weighted by Crippen LogP contribution is -1.96. The zero-order valence-electron chi connectivity index (χ0n) is 15.1. The number of methoxy groups -OCH3 is 1. The Bertz CT molecular complexity index is 1140. The van der Waals surface area contributed by atoms with Crippen molar-refractivity contribution in [1.82, 2.24) is 14.9 Å². The van der Waals surface area contributed by atoms with E-state index in [2.05, 4.69) is 27.4 Å². The molecule has 140 valence electrons. The second-order valence-electron chi connectivity index (χ2n) is 5.99. The molecule has 0 radical (unpaired) electrons. The molecule has 0 bridgehead atoms. The summed E-state index contributed by atoms with van der Waals surface area (Å²) in [6, 6.07) is 19.9. The van der Waals surface area contributed by atoms with Gasteiger partial charge in [0.25, 0.3) is 0 Å². The highest BCUT2D eigenvalue weighted by atomic mass is 35.5. The lowest BCUT2D eigenvalue weighted by Gasteiger charge is -2.08. The number of ether oxygens (including phenoxy) is 1. The molecule has 28 heavy (non-hydrogen) atoms. The van der Waals surface area contributed by atoms with Gasteiger partial charge in [-0.1, -0.05) is 71.9 Å². The monoisotopic (exact) mass is 408 g/mol. The second-order valence-corrected chi connectivity index (χ2v) is 7.34. The average molecular weight is 409 g/mol. The van der Waals surface area contributed by atoms with Crippen molar-refractivity contribution < 1.29 is 4.74 Å². The number of hydrogen-bond donors (Lipinski definition) is 0. The predicted molar refractivity (Wildman–Crippen MR) is 115 cm³/mol. The number of halogens is 1. The first kappa shape index (κ1) is 18.5. The van der Waals surface area contributed by atoms with Crippen LogP contribution in [0.2, 0.25) is 5.02 Å². The van der Waals surface area contributed by atoms with Gasteiger partial charge in [0.05, 0.1) is 13.3 Å². The van der Waals surface area contributed by atoms with Crippen molar-refractivity contribution in [3.63, 3.8) is 0 Å². The Hall–Kier alpha value is -2.83. The van der Waals surface area contributed by atoms with Gasteiger partial charge in [0.1, 0.15) is 12.1 Å². The minimum absolute atomic E-state index is 0.686. The molecule has 1 aromatic heterocycles. The van der Waals surface area contributed by atoms with Crippen LogP contribution in [0.15, 0.2) is 77.2 Å². The number of benzene rings is 3. The zero-order valence-corrected chi connectivity index (χ0v) is 16.7. The van der Waals surface area contributed by atoms with Gasteiger partial charge in [-0.05, 0) is 28.5 Å². The van der Waals surface area contributed by atoms with E-state index in [9.17, 15) is 0 Å². The second kappa shape index (κ2) is 8.46. The van der Waals surface area contributed by atoms with Crippen molar-refractivity contribution in [3.8, 4) is 5.75 Å². The van der Waals surface area contributed by atoms with Crippen LogP contribution in [0.4, 0.5) is 0 Å². The third-order valence-electron chi connectivity index (χ3n) is 4.28. The number of aromatic nitrogens is 3. The van der Waals surface area contributed by atoms with Gasteiger partial charge in [0.15, 0.2) is 0 Å². The first-order chi connectivity index (χ1) is 13.8. The summed E-state index contributed by atoms with van der Waals surface area (Å²) in [5.74, 6) is 1.45. The van der Waals surface area contributed by atoms with Gasteiger partial charge in [0.2, 0.25) is 5.16 Å². The van der Waals surface area contributed by atoms with Crippen LogP contribution in [0.1, 0.15) is 11.1 Å². The summed E-state index contributed by atoms with van der Waals surface area (Å²) in [6.07, 6.45) is 3.37. The van der Waals surface area contributed by atoms with Crippen molar-refractivity contribution in [2.75, 3.05) is 7.11 Å². The topological polar surface area (TPSA) is 52.3 Å². The molecular formula is C21H17ClN4OS. The summed E-state index contributed by atoms with van der Waals surface area (Å²) in [7, 11) is 1.66. The minimum Gasteiger partial charge on any atom is -0.496 e. The highest BCUT2D eigenvalue weighted by Gasteiger charge is 2.09. The maximum absolute atomic E-state index is 6.23. The molecule has 4 aromatic rings. The van der Waals surface area contributed by atoms with Gasteiger partial charge in [-0.15, -0.1) is 10.2 Å². The van der Waals surface area contributed by atoms with Crippen molar-refractivity contribution in [2.24, 2.45) is 5.10 Å². The molecule has 0 aliphatic carbocycles. The van der Waals surface area contributed by atoms with Crippen LogP contribution in [0.5, 0.6) is 5.75 Å². The van der Waals surface area contributed by atoms with E-state index in [-0.39, 0.29) is 0 Å². The highest BCUT2D eigenvalue weighted by molar-refractivity contribution is 7.98. The molecule has 3 aromatic carbocycles. The normalized spacial score (nSPS) is 11.4. The van der Waals surface area contributed by atoms with Gasteiger partial charge in [0, 0.05) is 16.3 Å². The average Bonchev–Trinajstić information content (AvgIpc) is 3.18. The molecule has 0 unspecified atom stereocenters. The quantitative estimate of drug-likeness (QED) is 0.322. The molecule has 5 nitrogen and oxygen atoms in total. The third-order valence-corrected chi connectivity index (χ3v) is 5.63. The molecule has 7 heteroatoms. The summed E-state index contributed by atoms with van der Waals surface area (Å²) >= 11 is 7.76. The molecule has 0 fully saturated rings. The summed E-state index contributed by atoms with van der Waals surface area (Å²) in [5, 5.41) is 16.3. The molecule has 0 saturated heterocycles. The molecule has 0 aliphatic rings. The maximum Gasteiger partial charge on any atom is 0.212 e. The van der Waals surface area contributed by atoms with Gasteiger partial charge in [-0.2, -0.15) is 9.78 Å². The molecule has 1 heterocycles. The van der Waals surface area contributed by atoms with Crippen molar-refractivity contribution in [2.45, 2.75) is 10.9 Å². The van der Waals surface area contributed by atoms with Gasteiger partial charge in [-0.25, -0.2) is 0 Å². The molecule has 4 rings (SSSR count). The molecule has 0 N–H and O–H groups in total. The lowest BCUT2D eigenvalue weighted by atomic mass is 10.0. The fraction of sp³-hybridized carbons (Fsp3) is 0.0952. The van der Waals surface area contributed by atoms with Gasteiger partial charge in [-0.3, -0.25) is 0 Å². The molecular weight excluding hydrogens is 392 g/mol. The Balaban J connectivity index is 1.61. The Morgan fingerprint density at radius 2 is 1.93 bits per heavy atom. The molecule has 0 saturated carbocycles. The number of fused-ring (bicyclic) bond motifs is 1. The zero-order chi connectivity index (χ0) is 19.3. The first-order valence-electron chi connectivity index (χ1n) is 8.62. The Labute approximate surface area is 172 Å². The molecule has 0 aliphatic heterocycles. The predicted octanol–water partition coefficient (Wildman–Crippen LogP) is 5.27. The van der Waals surface area contributed by atoms with E-state index in [1.54, 1.807) is 24.3 Å². The third kappa shape index (κ3) is 3.88. The van der Waals surface area contributed by atoms with Crippen molar-refractivity contribution in [1.29, 1.82) is 0 Å². The van der Waals surface area contributed by atoms with Crippen LogP contribution in [0.25, 0.3) is 10.8 Å². The van der Waals surface area contributed by atoms with Crippen molar-refractivity contribution >= 4 is 40.3 Å². The molecule has 0 atom stereocenters. The van der Waals surface area contributed by atoms with Gasteiger partial charge >= 0.3 is 0 Å². The van der Waals surface area contributed by atoms with Crippen LogP contribution in [-0.2, 0) is 5.75 Å². The van der Waals surface area contributed by atoms with E-state index < -0.39 is 0 Å². The van der Waals surface area contributed by atoms with Gasteiger partial charge < -0.3 is 4.74 Å². The summed E-state index contributed by atoms with van der Waals surface area (Å²) in [6.45, 7) is 0. The van der Waals surface area contributed by atoms with Crippen LogP contribution in [0.3, 0.4) is 0 Å². The van der Waals surface area contributed by atoms with E-state index in [0.29, 0.717) is 10.9 Å². The lowest BCUT2D eigenvalue weighted by molar-refractivity contribution is 0.415. The number of thioether (sulfide) groups is 1. The minimum atomic E-state index is 0.686. The van der Waals surface area contributed by atoms with Crippen LogP contribution in [0, 0.1) is 0 Å². The number of nitrogens with zero attached hydrogens (tertiary/aromatic N) is 4. The van der Waals surface area contributed by atoms with E-state index in [4.69, 9.17) is 16.3 Å². The Morgan fingerprint density at radius 1 is 1.11 bits per heavy atom. The SMILES string of the molecule is COc1ccc2ccccc2c1/C=N\n1cnnc1SCc1ccccc1Cl. The first-order valence-corrected chi connectivity index (χ1v) is 9.99. The fourth-order valence-electron chi connectivity index (χ4n) is 2.86. The fourth-order valence-corrected chi connectivity index (χ4v) is 4.01. The van der Waals surface area contributed by atoms with Crippen LogP contribution >= 0.6 is 23.4 Å². The van der Waals surface area contributed by atoms with Crippen molar-refractivity contribution in [3.05, 3.63) is 83.1 Å². The summed E-state index contributed by atoms with van der Waals surface area (Å²) in [5.41, 5.74) is 1.96. The summed E-state index contributed by atoms with van der Waals surface area (Å²) < 4.78 is 7.18.